The molecule has 0 spiro atoms. The van der Waals surface area contributed by atoms with Crippen LogP contribution in [-0.4, -0.2) is 28.3 Å². The van der Waals surface area contributed by atoms with Crippen molar-refractivity contribution in [2.45, 2.75) is 0 Å². The molecule has 0 fully saturated rings. The Kier molecular flexibility index (Phi) is 585. The van der Waals surface area contributed by atoms with Crippen molar-refractivity contribution in [3.05, 3.63) is 0 Å². The van der Waals surface area contributed by atoms with Gasteiger partial charge in [-0.2, -0.15) is 0 Å². The molecule has 0 aromatic rings. The number of rotatable bonds is 0. The fraction of sp³-hybridized carbons (Fsp3) is 0. The van der Waals surface area contributed by atoms with Crippen LogP contribution in [0.15, 0.2) is 0 Å². The second-order valence-electron chi connectivity index (χ2n) is 0. The molecule has 47 valence electrons. The van der Waals surface area contributed by atoms with Crippen molar-refractivity contribution in [2.75, 3.05) is 0 Å². The Morgan fingerprint density at radius 2 is 1.00 bits per heavy atom. The van der Waals surface area contributed by atoms with Crippen LogP contribution in [0.3, 0.4) is 0 Å². The molecule has 0 atom stereocenters. The first-order valence-electron chi connectivity index (χ1n) is 0. The van der Waals surface area contributed by atoms with E-state index in [4.69, 9.17) is 0 Å². The van der Waals surface area contributed by atoms with Crippen LogP contribution in [0, 0.1) is 0 Å². The van der Waals surface area contributed by atoms with Crippen molar-refractivity contribution in [2.24, 2.45) is 0 Å². The van der Waals surface area contributed by atoms with Crippen molar-refractivity contribution >= 4 is 28.3 Å². The molecule has 0 aliphatic heterocycles. The zero-order valence-corrected chi connectivity index (χ0v) is 12.8. The van der Waals surface area contributed by atoms with Gasteiger partial charge in [0.2, 0.25) is 0 Å². The minimum absolute atomic E-state index is 0. The Bertz CT molecular complexity index is 19.7. The van der Waals surface area contributed by atoms with E-state index in [-0.39, 0.29) is 120 Å². The first-order valence-corrected chi connectivity index (χ1v) is 0. The van der Waals surface area contributed by atoms with Crippen molar-refractivity contribution in [3.8, 4) is 0 Å². The second kappa shape index (κ2) is 54.6. The summed E-state index contributed by atoms with van der Waals surface area (Å²) < 4.78 is 0. The van der Waals surface area contributed by atoms with Crippen molar-refractivity contribution in [1.82, 2.24) is 0 Å². The topological polar surface area (TPSA) is 0 Å². The maximum Gasteiger partial charge on any atom is 0.187 e. The van der Waals surface area contributed by atoms with E-state index in [0.29, 0.717) is 0 Å². The van der Waals surface area contributed by atoms with E-state index in [1.54, 1.807) is 0 Å². The summed E-state index contributed by atoms with van der Waals surface area (Å²) in [5.74, 6) is 0. The summed E-state index contributed by atoms with van der Waals surface area (Å²) in [6.45, 7) is 0. The molecule has 0 aliphatic carbocycles. The number of hydrogen-bond acceptors (Lipinski definition) is 0. The predicted molar refractivity (Wildman–Crippen MR) is 19.9 cm³/mol. The van der Waals surface area contributed by atoms with Crippen molar-refractivity contribution < 1.29 is 91.8 Å². The normalized spacial score (nSPS) is 0. The third-order valence-corrected chi connectivity index (χ3v) is 0. The molecule has 0 aromatic carbocycles. The summed E-state index contributed by atoms with van der Waals surface area (Å²) >= 11 is 0. The Labute approximate surface area is 118 Å². The fourth-order valence-corrected chi connectivity index (χ4v) is 0. The largest absolute Gasteiger partial charge is 0.187 e. The average molecular weight is 352 g/mol. The average Bonchev–Trinajstić information content (AvgIpc) is 0. The monoisotopic (exact) mass is 349 g/mol. The van der Waals surface area contributed by atoms with Gasteiger partial charge in [0.1, 0.15) is 0 Å². The van der Waals surface area contributed by atoms with Crippen molar-refractivity contribution in [3.63, 3.8) is 0 Å². The van der Waals surface area contributed by atoms with Gasteiger partial charge in [0.05, 0.1) is 0 Å². The Balaban J connectivity index is 0. The summed E-state index contributed by atoms with van der Waals surface area (Å²) in [7, 11) is 0. The quantitative estimate of drug-likeness (QED) is 0.428. The van der Waals surface area contributed by atoms with E-state index in [2.05, 4.69) is 0 Å². The molecule has 0 nitrogen and oxygen atoms in total. The molecule has 0 bridgehead atoms. The van der Waals surface area contributed by atoms with Gasteiger partial charge in [-0.05, 0) is 11.0 Å². The molecule has 7 heteroatoms. The Morgan fingerprint density at radius 3 is 1.00 bits per heavy atom. The first-order chi connectivity index (χ1) is 0. The molecule has 7 heavy (non-hydrogen) atoms. The fourth-order valence-electron chi connectivity index (χ4n) is 0. The van der Waals surface area contributed by atoms with E-state index in [1.807, 2.05) is 0 Å². The molecule has 0 unspecified atom stereocenters. The van der Waals surface area contributed by atoms with Crippen LogP contribution in [0.4, 0.5) is 0 Å². The smallest absolute Gasteiger partial charge is 0.0125 e. The third kappa shape index (κ3) is 42.6. The van der Waals surface area contributed by atoms with Crippen LogP contribution >= 0.6 is 0 Å². The standard InChI is InChI=1S/Al.Cu.Mn.Ni.H3Si.Ti.Zn.3H/h;;;;1H3;;;;;. The van der Waals surface area contributed by atoms with Gasteiger partial charge in [-0.3, -0.25) is 0 Å². The summed E-state index contributed by atoms with van der Waals surface area (Å²) in [4.78, 5) is 0. The summed E-state index contributed by atoms with van der Waals surface area (Å²) in [6.07, 6.45) is 0. The van der Waals surface area contributed by atoms with Crippen LogP contribution < -0.4 is 0 Å². The van der Waals surface area contributed by atoms with Gasteiger partial charge < -0.3 is 0 Å². The first kappa shape index (κ1) is 75.0. The minimum Gasteiger partial charge on any atom is -0.0125 e. The van der Waals surface area contributed by atoms with E-state index in [1.165, 1.54) is 0 Å². The minimum atomic E-state index is 0. The van der Waals surface area contributed by atoms with Gasteiger partial charge in [-0.15, -0.1) is 0 Å². The maximum absolute atomic E-state index is 0. The van der Waals surface area contributed by atoms with Gasteiger partial charge in [0.25, 0.3) is 0 Å². The summed E-state index contributed by atoms with van der Waals surface area (Å²) in [6, 6.07) is 0. The maximum atomic E-state index is 0. The van der Waals surface area contributed by atoms with E-state index < -0.39 is 0 Å². The Morgan fingerprint density at radius 1 is 1.00 bits per heavy atom. The molecule has 0 heterocycles. The molecule has 0 saturated heterocycles. The van der Waals surface area contributed by atoms with E-state index >= 15 is 0 Å². The molecule has 0 amide bonds. The SMILES string of the molecule is [AlH3].[Cu].[Mn].[Ni].[SiH3].[Ti].[Zn]. The second-order valence-corrected chi connectivity index (χ2v) is 0. The molecule has 0 saturated carbocycles. The van der Waals surface area contributed by atoms with E-state index in [9.17, 15) is 0 Å². The van der Waals surface area contributed by atoms with Crippen LogP contribution in [0.25, 0.3) is 0 Å². The zero-order chi connectivity index (χ0) is 0. The third-order valence-electron chi connectivity index (χ3n) is 0. The van der Waals surface area contributed by atoms with Gasteiger partial charge >= 0.3 is 0 Å². The molecular formula is H6AlCuMnNiSiTiZn. The molecule has 0 aliphatic rings. The Hall–Kier alpha value is 3.62. The van der Waals surface area contributed by atoms with Crippen LogP contribution in [0.1, 0.15) is 0 Å². The molecule has 0 aromatic heterocycles. The van der Waals surface area contributed by atoms with Crippen LogP contribution in [0.5, 0.6) is 0 Å². The van der Waals surface area contributed by atoms with Crippen LogP contribution in [-0.2, 0) is 91.8 Å². The van der Waals surface area contributed by atoms with Gasteiger partial charge in [0, 0.05) is 91.8 Å². The van der Waals surface area contributed by atoms with Gasteiger partial charge in [-0.1, -0.05) is 0 Å². The molecule has 0 N–H and O–H groups in total. The summed E-state index contributed by atoms with van der Waals surface area (Å²) in [5, 5.41) is 0. The molecular weight excluding hydrogens is 346 g/mol. The van der Waals surface area contributed by atoms with Crippen molar-refractivity contribution in [1.29, 1.82) is 0 Å². The van der Waals surface area contributed by atoms with E-state index in [0.717, 1.165) is 0 Å². The number of hydrogen-bond donors (Lipinski definition) is 0. The van der Waals surface area contributed by atoms with Gasteiger partial charge in [0.15, 0.2) is 17.4 Å². The zero-order valence-electron chi connectivity index (χ0n) is 3.20. The van der Waals surface area contributed by atoms with Gasteiger partial charge in [-0.25, -0.2) is 0 Å². The van der Waals surface area contributed by atoms with Crippen LogP contribution in [0.2, 0.25) is 0 Å². The predicted octanol–water partition coefficient (Wildman–Crippen LogP) is -2.38. The molecule has 0 rings (SSSR count). The molecule has 3 radical (unpaired) electrons. The summed E-state index contributed by atoms with van der Waals surface area (Å²) in [5.41, 5.74) is 0.